The number of fused-ring (bicyclic) bond motifs is 1. The number of halogens is 1. The van der Waals surface area contributed by atoms with E-state index in [1.807, 2.05) is 69.9 Å². The molecule has 0 unspecified atom stereocenters. The number of amides is 3. The summed E-state index contributed by atoms with van der Waals surface area (Å²) in [5.74, 6) is 1.24. The molecule has 1 atom stereocenters. The smallest absolute Gasteiger partial charge is 0.410 e. The maximum absolute atomic E-state index is 13.4. The van der Waals surface area contributed by atoms with Crippen LogP contribution in [-0.4, -0.2) is 69.0 Å². The number of benzene rings is 2. The lowest BCUT2D eigenvalue weighted by Crippen LogP contribution is -2.50. The summed E-state index contributed by atoms with van der Waals surface area (Å²) in [6, 6.07) is 13.6. The van der Waals surface area contributed by atoms with Crippen LogP contribution in [0.2, 0.25) is 5.02 Å². The lowest BCUT2D eigenvalue weighted by molar-refractivity contribution is -0.137. The van der Waals surface area contributed by atoms with Gasteiger partial charge in [0.15, 0.2) is 5.82 Å². The van der Waals surface area contributed by atoms with Crippen molar-refractivity contribution >= 4 is 52.6 Å². The van der Waals surface area contributed by atoms with Gasteiger partial charge < -0.3 is 25.6 Å². The minimum absolute atomic E-state index is 0.0180. The molecular weight excluding hydrogens is 630 g/mol. The van der Waals surface area contributed by atoms with Crippen LogP contribution in [0.25, 0.3) is 0 Å². The molecule has 0 saturated carbocycles. The second-order valence-electron chi connectivity index (χ2n) is 14.3. The van der Waals surface area contributed by atoms with Crippen molar-refractivity contribution in [1.82, 2.24) is 19.8 Å². The summed E-state index contributed by atoms with van der Waals surface area (Å²) >= 11 is 6.45. The molecule has 3 aliphatic heterocycles. The fourth-order valence-corrected chi connectivity index (χ4v) is 7.04. The van der Waals surface area contributed by atoms with Crippen molar-refractivity contribution in [2.24, 2.45) is 0 Å². The van der Waals surface area contributed by atoms with Gasteiger partial charge in [-0.05, 0) is 101 Å². The van der Waals surface area contributed by atoms with Crippen LogP contribution in [0.4, 0.5) is 27.9 Å². The van der Waals surface area contributed by atoms with Gasteiger partial charge in [0.1, 0.15) is 16.7 Å². The number of nitrogens with one attached hydrogen (secondary N) is 3. The molecule has 0 aliphatic carbocycles. The summed E-state index contributed by atoms with van der Waals surface area (Å²) < 4.78 is 5.56. The number of carbonyl (C=O) groups excluding carboxylic acids is 3. The van der Waals surface area contributed by atoms with Crippen LogP contribution in [0.5, 0.6) is 0 Å². The average Bonchev–Trinajstić information content (AvgIpc) is 3.63. The van der Waals surface area contributed by atoms with E-state index >= 15 is 0 Å². The zero-order valence-electron chi connectivity index (χ0n) is 28.2. The maximum Gasteiger partial charge on any atom is 0.410 e. The lowest BCUT2D eigenvalue weighted by Gasteiger charge is -2.36. The molecule has 0 spiro atoms. The molecule has 11 nitrogen and oxygen atoms in total. The monoisotopic (exact) mass is 673 g/mol. The van der Waals surface area contributed by atoms with Gasteiger partial charge in [-0.25, -0.2) is 9.78 Å². The zero-order chi connectivity index (χ0) is 34.2. The molecule has 3 amide bonds. The number of piperidine rings is 1. The number of anilines is 4. The number of hydrogen-bond acceptors (Lipinski definition) is 8. The molecule has 4 heterocycles. The first-order valence-corrected chi connectivity index (χ1v) is 17.0. The van der Waals surface area contributed by atoms with Crippen LogP contribution >= 0.6 is 11.6 Å². The number of ether oxygens (including phenoxy) is 1. The van der Waals surface area contributed by atoms with Gasteiger partial charge in [-0.2, -0.15) is 4.98 Å². The van der Waals surface area contributed by atoms with E-state index in [-0.39, 0.29) is 11.8 Å². The van der Waals surface area contributed by atoms with Crippen LogP contribution in [0.15, 0.2) is 48.7 Å². The second kappa shape index (κ2) is 13.3. The van der Waals surface area contributed by atoms with E-state index in [4.69, 9.17) is 16.3 Å². The Labute approximate surface area is 286 Å². The van der Waals surface area contributed by atoms with Gasteiger partial charge in [0, 0.05) is 37.6 Å². The molecule has 3 aromatic rings. The number of nitrogens with zero attached hydrogens (tertiary/aromatic N) is 4. The summed E-state index contributed by atoms with van der Waals surface area (Å²) in [5, 5.41) is 9.95. The molecule has 254 valence electrons. The number of rotatable bonds is 7. The summed E-state index contributed by atoms with van der Waals surface area (Å²) in [6.45, 7) is 11.7. The van der Waals surface area contributed by atoms with Crippen LogP contribution in [0.1, 0.15) is 82.9 Å². The van der Waals surface area contributed by atoms with Crippen molar-refractivity contribution in [2.45, 2.75) is 89.8 Å². The molecule has 2 saturated heterocycles. The fourth-order valence-electron chi connectivity index (χ4n) is 6.89. The summed E-state index contributed by atoms with van der Waals surface area (Å²) in [7, 11) is 0. The van der Waals surface area contributed by atoms with Crippen LogP contribution < -0.4 is 16.0 Å². The zero-order valence-corrected chi connectivity index (χ0v) is 29.0. The van der Waals surface area contributed by atoms with Gasteiger partial charge >= 0.3 is 6.09 Å². The minimum Gasteiger partial charge on any atom is -0.444 e. The molecule has 3 N–H and O–H groups in total. The minimum atomic E-state index is -0.628. The highest BCUT2D eigenvalue weighted by Crippen LogP contribution is 2.40. The van der Waals surface area contributed by atoms with E-state index < -0.39 is 23.2 Å². The largest absolute Gasteiger partial charge is 0.444 e. The van der Waals surface area contributed by atoms with Gasteiger partial charge in [0.25, 0.3) is 0 Å². The lowest BCUT2D eigenvalue weighted by atomic mass is 9.83. The molecule has 0 radical (unpaired) electrons. The standard InChI is InChI=1S/C36H44ClN7O4/c1-35(2,3)48-34(47)44-17-7-10-28(44)31(45)43-18-15-23(16-19-43)22-11-13-25(14-12-22)40-33-39-21-26(37)30(42-33)38-20-24-8-6-9-27-29(24)36(4,5)32(46)41-27/h6,8-9,11-14,21,23,28H,7,10,15-20H2,1-5H3,(H,41,46)(H2,38,39,40,42)/t28-/m0/s1. The van der Waals surface area contributed by atoms with E-state index in [0.29, 0.717) is 55.3 Å². The fraction of sp³-hybridized carbons (Fsp3) is 0.472. The first kappa shape index (κ1) is 33.5. The predicted octanol–water partition coefficient (Wildman–Crippen LogP) is 6.82. The predicted molar refractivity (Wildman–Crippen MR) is 187 cm³/mol. The van der Waals surface area contributed by atoms with Crippen molar-refractivity contribution in [3.63, 3.8) is 0 Å². The van der Waals surface area contributed by atoms with Crippen LogP contribution in [0, 0.1) is 0 Å². The highest BCUT2D eigenvalue weighted by atomic mass is 35.5. The molecule has 12 heteroatoms. The topological polar surface area (TPSA) is 129 Å². The van der Waals surface area contributed by atoms with E-state index in [1.54, 1.807) is 11.1 Å². The van der Waals surface area contributed by atoms with Crippen LogP contribution in [0.3, 0.4) is 0 Å². The maximum atomic E-state index is 13.4. The Morgan fingerprint density at radius 1 is 1.06 bits per heavy atom. The molecule has 2 fully saturated rings. The molecule has 3 aliphatic rings. The Kier molecular flexibility index (Phi) is 9.26. The highest BCUT2D eigenvalue weighted by Gasteiger charge is 2.41. The first-order chi connectivity index (χ1) is 22.8. The molecular formula is C36H44ClN7O4. The van der Waals surface area contributed by atoms with E-state index in [2.05, 4.69) is 38.1 Å². The Morgan fingerprint density at radius 2 is 1.79 bits per heavy atom. The Bertz CT molecular complexity index is 1700. The van der Waals surface area contributed by atoms with Crippen molar-refractivity contribution in [3.8, 4) is 0 Å². The third kappa shape index (κ3) is 7.06. The van der Waals surface area contributed by atoms with Crippen molar-refractivity contribution in [2.75, 3.05) is 35.6 Å². The number of carbonyl (C=O) groups is 3. The van der Waals surface area contributed by atoms with Gasteiger partial charge in [-0.3, -0.25) is 14.5 Å². The van der Waals surface area contributed by atoms with Crippen molar-refractivity contribution in [1.29, 1.82) is 0 Å². The molecule has 1 aromatic heterocycles. The van der Waals surface area contributed by atoms with Gasteiger partial charge in [-0.1, -0.05) is 35.9 Å². The van der Waals surface area contributed by atoms with Crippen LogP contribution in [-0.2, 0) is 26.3 Å². The quantitative estimate of drug-likeness (QED) is 0.249. The third-order valence-electron chi connectivity index (χ3n) is 9.39. The molecule has 48 heavy (non-hydrogen) atoms. The van der Waals surface area contributed by atoms with E-state index in [9.17, 15) is 14.4 Å². The Balaban J connectivity index is 1.03. The number of hydrogen-bond donors (Lipinski definition) is 3. The second-order valence-corrected chi connectivity index (χ2v) is 14.7. The molecule has 0 bridgehead atoms. The van der Waals surface area contributed by atoms with Gasteiger partial charge in [0.05, 0.1) is 11.6 Å². The van der Waals surface area contributed by atoms with Gasteiger partial charge in [-0.15, -0.1) is 0 Å². The summed E-state index contributed by atoms with van der Waals surface area (Å²) in [6.07, 6.45) is 4.35. The van der Waals surface area contributed by atoms with Crippen molar-refractivity contribution < 1.29 is 19.1 Å². The SMILES string of the molecule is CC(C)(C)OC(=O)N1CCC[C@H]1C(=O)N1CCC(c2ccc(Nc3ncc(Cl)c(NCc4cccc5c4C(C)(C)C(=O)N5)n3)cc2)CC1. The average molecular weight is 674 g/mol. The highest BCUT2D eigenvalue weighted by molar-refractivity contribution is 6.32. The number of aromatic nitrogens is 2. The van der Waals surface area contributed by atoms with Gasteiger partial charge in [0.2, 0.25) is 17.8 Å². The number of likely N-dealkylation sites (tertiary alicyclic amines) is 2. The van der Waals surface area contributed by atoms with E-state index in [1.165, 1.54) is 5.56 Å². The molecule has 6 rings (SSSR count). The molecule has 2 aromatic carbocycles. The summed E-state index contributed by atoms with van der Waals surface area (Å²) in [5.41, 5.74) is 3.64. The normalized spacial score (nSPS) is 19.1. The summed E-state index contributed by atoms with van der Waals surface area (Å²) in [4.78, 5) is 51.1. The Morgan fingerprint density at radius 3 is 2.50 bits per heavy atom. The Hall–Kier alpha value is -4.38. The van der Waals surface area contributed by atoms with E-state index in [0.717, 1.165) is 41.8 Å². The van der Waals surface area contributed by atoms with Crippen molar-refractivity contribution in [3.05, 3.63) is 70.4 Å². The third-order valence-corrected chi connectivity index (χ3v) is 9.67. The first-order valence-electron chi connectivity index (χ1n) is 16.7.